The van der Waals surface area contributed by atoms with E-state index in [1.54, 1.807) is 6.21 Å². The van der Waals surface area contributed by atoms with Gasteiger partial charge in [0.15, 0.2) is 12.4 Å². The molecule has 2 aliphatic heterocycles. The van der Waals surface area contributed by atoms with E-state index in [0.29, 0.717) is 11.3 Å². The number of carbonyl (C=O) groups is 1. The van der Waals surface area contributed by atoms with Crippen LogP contribution in [0, 0.1) is 0 Å². The fourth-order valence-corrected chi connectivity index (χ4v) is 2.24. The minimum Gasteiger partial charge on any atom is -0.293 e. The Kier molecular flexibility index (Phi) is 2.10. The Morgan fingerprint density at radius 1 is 1.28 bits per heavy atom. The summed E-state index contributed by atoms with van der Waals surface area (Å²) in [5.41, 5.74) is -0.312. The molecule has 1 N–H and O–H groups in total. The fraction of sp³-hybridized carbons (Fsp3) is 0.167. The first-order valence-electron chi connectivity index (χ1n) is 5.30. The van der Waals surface area contributed by atoms with Crippen molar-refractivity contribution >= 4 is 17.8 Å². The molecule has 0 atom stereocenters. The van der Waals surface area contributed by atoms with Crippen LogP contribution in [0.25, 0.3) is 5.70 Å². The number of halogens is 3. The topological polar surface area (TPSA) is 34.3 Å². The number of amides is 1. The van der Waals surface area contributed by atoms with Gasteiger partial charge in [0.25, 0.3) is 5.91 Å². The summed E-state index contributed by atoms with van der Waals surface area (Å²) in [6.07, 6.45) is -1.37. The van der Waals surface area contributed by atoms with Gasteiger partial charge in [0.05, 0.1) is 11.1 Å². The van der Waals surface area contributed by atoms with Crippen LogP contribution in [0.1, 0.15) is 21.5 Å². The standard InChI is InChI=1S/C12H7F3N2O/c13-12(14,15)8-3-1-2-7-9-6-16-4-5-17(9)11(18)10(7)8/h1-4,6H,5H2/p+1. The lowest BCUT2D eigenvalue weighted by molar-refractivity contribution is -0.369. The molecule has 3 nitrogen and oxygen atoms in total. The van der Waals surface area contributed by atoms with Gasteiger partial charge in [0, 0.05) is 5.56 Å². The van der Waals surface area contributed by atoms with Crippen LogP contribution in [0.5, 0.6) is 0 Å². The summed E-state index contributed by atoms with van der Waals surface area (Å²) in [7, 11) is 0. The molecule has 92 valence electrons. The first kappa shape index (κ1) is 11.0. The lowest BCUT2D eigenvalue weighted by Crippen LogP contribution is -2.65. The average Bonchev–Trinajstić information content (AvgIpc) is 2.63. The van der Waals surface area contributed by atoms with Crippen LogP contribution in [0.3, 0.4) is 0 Å². The first-order valence-corrected chi connectivity index (χ1v) is 5.30. The molecule has 18 heavy (non-hydrogen) atoms. The lowest BCUT2D eigenvalue weighted by atomic mass is 10.0. The predicted octanol–water partition coefficient (Wildman–Crippen LogP) is 0.625. The fourth-order valence-electron chi connectivity index (χ4n) is 2.24. The number of rotatable bonds is 0. The van der Waals surface area contributed by atoms with E-state index in [1.165, 1.54) is 23.2 Å². The second kappa shape index (κ2) is 3.44. The van der Waals surface area contributed by atoms with Gasteiger partial charge in [0.2, 0.25) is 0 Å². The van der Waals surface area contributed by atoms with Crippen molar-refractivity contribution in [1.82, 2.24) is 4.90 Å². The van der Waals surface area contributed by atoms with E-state index in [9.17, 15) is 18.0 Å². The molecule has 1 aromatic rings. The summed E-state index contributed by atoms with van der Waals surface area (Å²) < 4.78 is 38.6. The largest absolute Gasteiger partial charge is 0.417 e. The number of benzene rings is 1. The molecule has 0 aliphatic carbocycles. The molecule has 0 fully saturated rings. The number of hydrogen-bond donors (Lipinski definition) is 1. The number of carbonyl (C=O) groups excluding carboxylic acids is 1. The molecule has 0 saturated heterocycles. The van der Waals surface area contributed by atoms with E-state index in [2.05, 4.69) is 4.99 Å². The Morgan fingerprint density at radius 2 is 2.06 bits per heavy atom. The maximum atomic E-state index is 12.9. The third kappa shape index (κ3) is 1.38. The predicted molar refractivity (Wildman–Crippen MR) is 57.5 cm³/mol. The van der Waals surface area contributed by atoms with Crippen LogP contribution in [0.15, 0.2) is 24.4 Å². The SMILES string of the molecule is O=C1c2c(cccc2C(F)(F)F)C2=C[NH+]=CCN12. The summed E-state index contributed by atoms with van der Waals surface area (Å²) in [5, 5.41) is 0. The molecule has 0 unspecified atom stereocenters. The Morgan fingerprint density at radius 3 is 2.78 bits per heavy atom. The summed E-state index contributed by atoms with van der Waals surface area (Å²) in [6, 6.07) is 3.78. The van der Waals surface area contributed by atoms with Crippen LogP contribution < -0.4 is 4.99 Å². The summed E-state index contributed by atoms with van der Waals surface area (Å²) in [4.78, 5) is 16.2. The molecule has 0 radical (unpaired) electrons. The second-order valence-electron chi connectivity index (χ2n) is 4.04. The van der Waals surface area contributed by atoms with Crippen LogP contribution in [0.4, 0.5) is 13.2 Å². The lowest BCUT2D eigenvalue weighted by Gasteiger charge is -2.14. The molecule has 0 saturated carbocycles. The number of hydrogen-bond acceptors (Lipinski definition) is 1. The molecule has 0 spiro atoms. The summed E-state index contributed by atoms with van der Waals surface area (Å²) in [5.74, 6) is -0.595. The highest BCUT2D eigenvalue weighted by Gasteiger charge is 2.43. The highest BCUT2D eigenvalue weighted by Crippen LogP contribution is 2.40. The van der Waals surface area contributed by atoms with Crippen molar-refractivity contribution in [2.45, 2.75) is 6.18 Å². The minimum atomic E-state index is -4.52. The number of nitrogens with zero attached hydrogens (tertiary/aromatic N) is 1. The first-order chi connectivity index (χ1) is 8.50. The van der Waals surface area contributed by atoms with Crippen molar-refractivity contribution in [3.05, 3.63) is 41.1 Å². The van der Waals surface area contributed by atoms with Crippen molar-refractivity contribution < 1.29 is 23.0 Å². The van der Waals surface area contributed by atoms with E-state index in [1.807, 2.05) is 0 Å². The van der Waals surface area contributed by atoms with E-state index < -0.39 is 17.6 Å². The van der Waals surface area contributed by atoms with Gasteiger partial charge in [-0.1, -0.05) is 12.1 Å². The van der Waals surface area contributed by atoms with E-state index >= 15 is 0 Å². The molecule has 0 aromatic heterocycles. The molecule has 0 bridgehead atoms. The molecular weight excluding hydrogens is 245 g/mol. The smallest absolute Gasteiger partial charge is 0.293 e. The second-order valence-corrected chi connectivity index (χ2v) is 4.04. The highest BCUT2D eigenvalue weighted by molar-refractivity contribution is 6.11. The highest BCUT2D eigenvalue weighted by atomic mass is 19.4. The van der Waals surface area contributed by atoms with Crippen LogP contribution >= 0.6 is 0 Å². The maximum absolute atomic E-state index is 12.9. The van der Waals surface area contributed by atoms with Crippen LogP contribution in [-0.4, -0.2) is 23.6 Å². The third-order valence-electron chi connectivity index (χ3n) is 3.01. The Balaban J connectivity index is 2.27. The van der Waals surface area contributed by atoms with Gasteiger partial charge < -0.3 is 0 Å². The van der Waals surface area contributed by atoms with Crippen LogP contribution in [0.2, 0.25) is 0 Å². The van der Waals surface area contributed by atoms with E-state index in [4.69, 9.17) is 0 Å². The van der Waals surface area contributed by atoms with Gasteiger partial charge in [-0.05, 0) is 6.07 Å². The monoisotopic (exact) mass is 253 g/mol. The molecule has 3 rings (SSSR count). The van der Waals surface area contributed by atoms with Crippen molar-refractivity contribution in [2.24, 2.45) is 0 Å². The molecule has 1 amide bonds. The quantitative estimate of drug-likeness (QED) is 0.723. The number of alkyl halides is 3. The van der Waals surface area contributed by atoms with Gasteiger partial charge in [-0.3, -0.25) is 9.69 Å². The molecule has 2 aliphatic rings. The van der Waals surface area contributed by atoms with Crippen LogP contribution in [-0.2, 0) is 6.18 Å². The van der Waals surface area contributed by atoms with Gasteiger partial charge in [0.1, 0.15) is 12.2 Å². The van der Waals surface area contributed by atoms with E-state index in [0.717, 1.165) is 6.07 Å². The molecule has 2 heterocycles. The van der Waals surface area contributed by atoms with Crippen molar-refractivity contribution in [1.29, 1.82) is 0 Å². The Labute approximate surface area is 100 Å². The third-order valence-corrected chi connectivity index (χ3v) is 3.01. The van der Waals surface area contributed by atoms with Gasteiger partial charge in [-0.15, -0.1) is 0 Å². The minimum absolute atomic E-state index is 0.256. The zero-order chi connectivity index (χ0) is 12.9. The van der Waals surface area contributed by atoms with Crippen molar-refractivity contribution in [3.63, 3.8) is 0 Å². The van der Waals surface area contributed by atoms with Crippen molar-refractivity contribution in [2.75, 3.05) is 6.54 Å². The molecule has 6 heteroatoms. The Hall–Kier alpha value is -2.11. The molecule has 1 aromatic carbocycles. The average molecular weight is 253 g/mol. The normalized spacial score (nSPS) is 17.6. The van der Waals surface area contributed by atoms with Crippen molar-refractivity contribution in [3.8, 4) is 0 Å². The van der Waals surface area contributed by atoms with Gasteiger partial charge >= 0.3 is 6.18 Å². The zero-order valence-corrected chi connectivity index (χ0v) is 9.08. The number of nitrogens with one attached hydrogen (secondary N) is 1. The Bertz CT molecular complexity index is 602. The van der Waals surface area contributed by atoms with Gasteiger partial charge in [-0.2, -0.15) is 13.2 Å². The maximum Gasteiger partial charge on any atom is 0.417 e. The van der Waals surface area contributed by atoms with E-state index in [-0.39, 0.29) is 12.1 Å². The zero-order valence-electron chi connectivity index (χ0n) is 9.08. The number of fused-ring (bicyclic) bond motifs is 3. The summed E-state index contributed by atoms with van der Waals surface area (Å²) >= 11 is 0. The van der Waals surface area contributed by atoms with Gasteiger partial charge in [-0.25, -0.2) is 4.99 Å². The summed E-state index contributed by atoms with van der Waals surface area (Å²) in [6.45, 7) is 0.261. The molecular formula is C12H8F3N2O+.